The van der Waals surface area contributed by atoms with Crippen molar-refractivity contribution in [3.05, 3.63) is 0 Å². The Hall–Kier alpha value is -1.59. The van der Waals surface area contributed by atoms with E-state index in [0.717, 1.165) is 57.8 Å². The fourth-order valence-corrected chi connectivity index (χ4v) is 8.80. The van der Waals surface area contributed by atoms with Crippen molar-refractivity contribution in [2.24, 2.45) is 0 Å². The number of esters is 3. The Bertz CT molecular complexity index is 936. The molecular weight excluding hydrogens is 781 g/mol. The molecule has 0 aliphatic heterocycles. The maximum Gasteiger partial charge on any atom is 0.306 e. The van der Waals surface area contributed by atoms with Crippen molar-refractivity contribution >= 4 is 17.9 Å². The molecular formula is C57H110O6. The molecule has 63 heavy (non-hydrogen) atoms. The molecule has 0 saturated carbocycles. The largest absolute Gasteiger partial charge is 0.462 e. The minimum atomic E-state index is -0.760. The van der Waals surface area contributed by atoms with E-state index in [1.54, 1.807) is 0 Å². The van der Waals surface area contributed by atoms with Crippen LogP contribution in [-0.2, 0) is 28.6 Å². The summed E-state index contributed by atoms with van der Waals surface area (Å²) in [5, 5.41) is 0. The fraction of sp³-hybridized carbons (Fsp3) is 0.947. The van der Waals surface area contributed by atoms with Gasteiger partial charge < -0.3 is 14.2 Å². The first kappa shape index (κ1) is 61.4. The number of unbranched alkanes of at least 4 members (excludes halogenated alkanes) is 42. The van der Waals surface area contributed by atoms with Crippen molar-refractivity contribution in [2.75, 3.05) is 13.2 Å². The van der Waals surface area contributed by atoms with E-state index in [0.29, 0.717) is 19.3 Å². The molecule has 0 N–H and O–H groups in total. The Labute approximate surface area is 393 Å². The molecule has 374 valence electrons. The fourth-order valence-electron chi connectivity index (χ4n) is 8.80. The van der Waals surface area contributed by atoms with E-state index in [-0.39, 0.29) is 31.1 Å². The van der Waals surface area contributed by atoms with Gasteiger partial charge in [-0.15, -0.1) is 0 Å². The Morgan fingerprint density at radius 3 is 0.635 bits per heavy atom. The highest BCUT2D eigenvalue weighted by Gasteiger charge is 2.19. The maximum absolute atomic E-state index is 12.8. The first-order chi connectivity index (χ1) is 31.0. The highest BCUT2D eigenvalue weighted by atomic mass is 16.6. The smallest absolute Gasteiger partial charge is 0.306 e. The molecule has 0 amide bonds. The molecule has 0 heterocycles. The van der Waals surface area contributed by atoms with Crippen molar-refractivity contribution in [1.82, 2.24) is 0 Å². The van der Waals surface area contributed by atoms with Crippen LogP contribution in [0.4, 0.5) is 0 Å². The van der Waals surface area contributed by atoms with E-state index in [2.05, 4.69) is 20.8 Å². The zero-order valence-corrected chi connectivity index (χ0v) is 42.9. The molecule has 0 spiro atoms. The van der Waals surface area contributed by atoms with Gasteiger partial charge in [0, 0.05) is 19.3 Å². The molecule has 1 atom stereocenters. The second-order valence-electron chi connectivity index (χ2n) is 19.6. The summed E-state index contributed by atoms with van der Waals surface area (Å²) in [4.78, 5) is 38.0. The van der Waals surface area contributed by atoms with Gasteiger partial charge in [0.15, 0.2) is 6.10 Å². The molecule has 0 saturated heterocycles. The van der Waals surface area contributed by atoms with Gasteiger partial charge in [-0.25, -0.2) is 0 Å². The summed E-state index contributed by atoms with van der Waals surface area (Å²) in [5.74, 6) is -0.837. The minimum absolute atomic E-state index is 0.0615. The average Bonchev–Trinajstić information content (AvgIpc) is 3.28. The van der Waals surface area contributed by atoms with Crippen molar-refractivity contribution in [2.45, 2.75) is 335 Å². The molecule has 0 rings (SSSR count). The summed E-state index contributed by atoms with van der Waals surface area (Å²) in [5.41, 5.74) is 0. The lowest BCUT2D eigenvalue weighted by Gasteiger charge is -2.18. The van der Waals surface area contributed by atoms with Gasteiger partial charge in [-0.2, -0.15) is 0 Å². The van der Waals surface area contributed by atoms with Crippen LogP contribution in [0.3, 0.4) is 0 Å². The van der Waals surface area contributed by atoms with Crippen molar-refractivity contribution in [3.63, 3.8) is 0 Å². The molecule has 6 nitrogen and oxygen atoms in total. The van der Waals surface area contributed by atoms with Crippen LogP contribution in [-0.4, -0.2) is 37.2 Å². The van der Waals surface area contributed by atoms with E-state index in [9.17, 15) is 14.4 Å². The normalized spacial score (nSPS) is 11.9. The first-order valence-electron chi connectivity index (χ1n) is 28.5. The Morgan fingerprint density at radius 1 is 0.254 bits per heavy atom. The van der Waals surface area contributed by atoms with Crippen LogP contribution in [0.2, 0.25) is 0 Å². The summed E-state index contributed by atoms with van der Waals surface area (Å²) >= 11 is 0. The van der Waals surface area contributed by atoms with Crippen molar-refractivity contribution in [3.8, 4) is 0 Å². The van der Waals surface area contributed by atoms with Crippen molar-refractivity contribution < 1.29 is 28.6 Å². The number of carbonyl (C=O) groups excluding carboxylic acids is 3. The summed E-state index contributed by atoms with van der Waals surface area (Å²) in [6.07, 6.45) is 58.1. The number of hydrogen-bond acceptors (Lipinski definition) is 6. The second kappa shape index (κ2) is 53.0. The van der Waals surface area contributed by atoms with E-state index >= 15 is 0 Å². The van der Waals surface area contributed by atoms with Gasteiger partial charge in [0.2, 0.25) is 0 Å². The van der Waals surface area contributed by atoms with Gasteiger partial charge in [0.1, 0.15) is 13.2 Å². The highest BCUT2D eigenvalue weighted by molar-refractivity contribution is 5.71. The second-order valence-corrected chi connectivity index (χ2v) is 19.6. The van der Waals surface area contributed by atoms with E-state index < -0.39 is 6.10 Å². The Kier molecular flexibility index (Phi) is 51.7. The molecule has 0 aliphatic carbocycles. The number of carbonyl (C=O) groups is 3. The molecule has 0 bridgehead atoms. The quantitative estimate of drug-likeness (QED) is 0.0344. The lowest BCUT2D eigenvalue weighted by molar-refractivity contribution is -0.167. The Morgan fingerprint density at radius 2 is 0.429 bits per heavy atom. The Balaban J connectivity index is 4.20. The standard InChI is InChI=1S/C57H110O6/c1-4-7-10-13-16-19-21-23-25-27-29-31-33-35-38-41-44-47-50-56(59)62-53-54(52-61-55(58)49-46-43-40-37-18-15-12-9-6-3)63-57(60)51-48-45-42-39-36-34-32-30-28-26-24-22-20-17-14-11-8-5-2/h54H,4-53H2,1-3H3. The number of hydrogen-bond donors (Lipinski definition) is 0. The third-order valence-electron chi connectivity index (χ3n) is 13.1. The summed E-state index contributed by atoms with van der Waals surface area (Å²) < 4.78 is 16.8. The molecule has 0 aromatic rings. The van der Waals surface area contributed by atoms with Crippen LogP contribution < -0.4 is 0 Å². The zero-order valence-electron chi connectivity index (χ0n) is 42.9. The minimum Gasteiger partial charge on any atom is -0.462 e. The summed E-state index contributed by atoms with van der Waals surface area (Å²) in [7, 11) is 0. The van der Waals surface area contributed by atoms with Gasteiger partial charge in [-0.05, 0) is 19.3 Å². The molecule has 0 aromatic heterocycles. The lowest BCUT2D eigenvalue weighted by Crippen LogP contribution is -2.30. The highest BCUT2D eigenvalue weighted by Crippen LogP contribution is 2.18. The molecule has 0 fully saturated rings. The third kappa shape index (κ3) is 51.3. The van der Waals surface area contributed by atoms with Crippen LogP contribution in [0.25, 0.3) is 0 Å². The van der Waals surface area contributed by atoms with Gasteiger partial charge in [0.05, 0.1) is 0 Å². The molecule has 0 aromatic carbocycles. The van der Waals surface area contributed by atoms with E-state index in [1.807, 2.05) is 0 Å². The number of rotatable bonds is 53. The number of ether oxygens (including phenoxy) is 3. The predicted molar refractivity (Wildman–Crippen MR) is 270 cm³/mol. The molecule has 0 aliphatic rings. The van der Waals surface area contributed by atoms with Crippen LogP contribution in [0, 0.1) is 0 Å². The summed E-state index contributed by atoms with van der Waals surface area (Å²) in [6.45, 7) is 6.69. The van der Waals surface area contributed by atoms with Crippen molar-refractivity contribution in [1.29, 1.82) is 0 Å². The first-order valence-corrected chi connectivity index (χ1v) is 28.5. The molecule has 6 heteroatoms. The van der Waals surface area contributed by atoms with E-state index in [4.69, 9.17) is 14.2 Å². The summed E-state index contributed by atoms with van der Waals surface area (Å²) in [6, 6.07) is 0. The predicted octanol–water partition coefficient (Wildman–Crippen LogP) is 18.8. The molecule has 1 unspecified atom stereocenters. The van der Waals surface area contributed by atoms with Gasteiger partial charge in [-0.3, -0.25) is 14.4 Å². The van der Waals surface area contributed by atoms with Gasteiger partial charge >= 0.3 is 17.9 Å². The third-order valence-corrected chi connectivity index (χ3v) is 13.1. The lowest BCUT2D eigenvalue weighted by atomic mass is 10.0. The van der Waals surface area contributed by atoms with Gasteiger partial charge in [0.25, 0.3) is 0 Å². The molecule has 0 radical (unpaired) electrons. The van der Waals surface area contributed by atoms with E-state index in [1.165, 1.54) is 231 Å². The SMILES string of the molecule is CCCCCCCCCCCCCCCCCCCCC(=O)OCC(COC(=O)CCCCCCCCCCC)OC(=O)CCCCCCCCCCCCCCCCCCCC. The average molecular weight is 892 g/mol. The zero-order chi connectivity index (χ0) is 45.8. The van der Waals surface area contributed by atoms with Crippen LogP contribution in [0.15, 0.2) is 0 Å². The monoisotopic (exact) mass is 891 g/mol. The van der Waals surface area contributed by atoms with Gasteiger partial charge in [-0.1, -0.05) is 290 Å². The van der Waals surface area contributed by atoms with Crippen LogP contribution >= 0.6 is 0 Å². The van der Waals surface area contributed by atoms with Crippen LogP contribution in [0.1, 0.15) is 329 Å². The topological polar surface area (TPSA) is 78.9 Å². The maximum atomic E-state index is 12.8. The van der Waals surface area contributed by atoms with Crippen LogP contribution in [0.5, 0.6) is 0 Å².